The lowest BCUT2D eigenvalue weighted by Crippen LogP contribution is -2.60. The van der Waals surface area contributed by atoms with Crippen LogP contribution in [0.5, 0.6) is 11.5 Å². The molecule has 4 amide bonds. The molecular weight excluding hydrogens is 784 g/mol. The number of carboxylic acid groups (broad SMARTS) is 1. The van der Waals surface area contributed by atoms with Gasteiger partial charge in [0.15, 0.2) is 0 Å². The average molecular weight is 832 g/mol. The van der Waals surface area contributed by atoms with E-state index >= 15 is 4.79 Å². The quantitative estimate of drug-likeness (QED) is 0.319. The summed E-state index contributed by atoms with van der Waals surface area (Å²) in [6.45, 7) is 4.91. The standard InChI is InChI=1S/C40H48F3N5O9S/c1-23-31-26(27-19-25(56-40(41,42)43)11-12-28(27)44-23)13-14-38(57-31)21-30-32(49)45-39(34(51)46-58(54,55)37(3)17-18-37)20-24(39)9-7-5-4-6-8-10-29(33(50)47(30)22-38)48(35(52)53)36(2)15-16-36/h7,9,11-12,19,24,29-30H,4-6,8,10,13-18,20-22H2,1-3H3,(H,45,49)(H,46,51)(H,52,53)/b9-7-/t24-,29+,30+,38-,39-/m1/s1. The van der Waals surface area contributed by atoms with Gasteiger partial charge >= 0.3 is 12.5 Å². The summed E-state index contributed by atoms with van der Waals surface area (Å²) in [6, 6.07) is 1.49. The van der Waals surface area contributed by atoms with Gasteiger partial charge in [-0.15, -0.1) is 13.2 Å². The van der Waals surface area contributed by atoms with E-state index in [-0.39, 0.29) is 38.6 Å². The summed E-state index contributed by atoms with van der Waals surface area (Å²) in [5.74, 6) is -2.79. The Balaban J connectivity index is 1.16. The molecule has 3 aliphatic heterocycles. The largest absolute Gasteiger partial charge is 0.573 e. The lowest BCUT2D eigenvalue weighted by molar-refractivity contribution is -0.274. The Bertz CT molecular complexity index is 2230. The van der Waals surface area contributed by atoms with Gasteiger partial charge in [0.25, 0.3) is 5.91 Å². The zero-order valence-electron chi connectivity index (χ0n) is 32.6. The molecule has 18 heteroatoms. The normalized spacial score (nSPS) is 30.7. The second-order valence-electron chi connectivity index (χ2n) is 17.6. The molecule has 8 rings (SSSR count). The number of fused-ring (bicyclic) bond motifs is 5. The first kappa shape index (κ1) is 40.2. The van der Waals surface area contributed by atoms with E-state index < -0.39 is 85.4 Å². The Morgan fingerprint density at radius 2 is 1.83 bits per heavy atom. The lowest BCUT2D eigenvalue weighted by Gasteiger charge is -2.38. The minimum absolute atomic E-state index is 0.0651. The van der Waals surface area contributed by atoms with Crippen LogP contribution in [0.2, 0.25) is 0 Å². The molecule has 4 heterocycles. The highest BCUT2D eigenvalue weighted by Crippen LogP contribution is 2.50. The molecule has 2 aromatic rings. The summed E-state index contributed by atoms with van der Waals surface area (Å²) in [6.07, 6.45) is 2.86. The van der Waals surface area contributed by atoms with Crippen LogP contribution in [0.15, 0.2) is 30.4 Å². The van der Waals surface area contributed by atoms with Crippen molar-refractivity contribution in [1.82, 2.24) is 24.8 Å². The van der Waals surface area contributed by atoms with Gasteiger partial charge in [-0.1, -0.05) is 25.0 Å². The van der Waals surface area contributed by atoms with Crippen LogP contribution in [0.25, 0.3) is 10.9 Å². The van der Waals surface area contributed by atoms with Crippen molar-refractivity contribution in [2.45, 2.75) is 144 Å². The maximum Gasteiger partial charge on any atom is 0.573 e. The predicted octanol–water partition coefficient (Wildman–Crippen LogP) is 5.40. The van der Waals surface area contributed by atoms with Crippen molar-refractivity contribution in [1.29, 1.82) is 0 Å². The van der Waals surface area contributed by atoms with Gasteiger partial charge in [0.05, 0.1) is 22.5 Å². The maximum atomic E-state index is 15.0. The van der Waals surface area contributed by atoms with Crippen LogP contribution >= 0.6 is 0 Å². The molecule has 14 nitrogen and oxygen atoms in total. The molecule has 6 aliphatic rings. The van der Waals surface area contributed by atoms with Crippen LogP contribution in [-0.4, -0.2) is 98.5 Å². The van der Waals surface area contributed by atoms with Gasteiger partial charge in [0.2, 0.25) is 21.8 Å². The number of carbonyl (C=O) groups is 4. The molecule has 5 atom stereocenters. The van der Waals surface area contributed by atoms with E-state index in [0.29, 0.717) is 72.9 Å². The number of alkyl halides is 3. The van der Waals surface area contributed by atoms with Crippen LogP contribution < -0.4 is 19.5 Å². The van der Waals surface area contributed by atoms with E-state index in [1.54, 1.807) is 20.8 Å². The third kappa shape index (κ3) is 7.22. The first-order valence-corrected chi connectivity index (χ1v) is 21.4. The molecule has 0 unspecified atom stereocenters. The number of benzene rings is 1. The number of rotatable bonds is 6. The molecule has 1 spiro atoms. The Labute approximate surface area is 333 Å². The fraction of sp³-hybridized carbons (Fsp3) is 0.625. The number of allylic oxidation sites excluding steroid dienone is 1. The molecule has 3 N–H and O–H groups in total. The summed E-state index contributed by atoms with van der Waals surface area (Å²) in [7, 11) is -4.06. The number of ether oxygens (including phenoxy) is 2. The maximum absolute atomic E-state index is 15.0. The number of pyridine rings is 1. The average Bonchev–Trinajstić information content (AvgIpc) is 4.10. The molecule has 1 saturated heterocycles. The number of nitrogens with zero attached hydrogens (tertiary/aromatic N) is 3. The molecule has 3 saturated carbocycles. The molecule has 0 radical (unpaired) electrons. The van der Waals surface area contributed by atoms with Crippen molar-refractivity contribution in [3.8, 4) is 11.5 Å². The van der Waals surface area contributed by atoms with E-state index in [0.717, 1.165) is 6.42 Å². The number of nitrogens with one attached hydrogen (secondary N) is 2. The van der Waals surface area contributed by atoms with Gasteiger partial charge in [-0.2, -0.15) is 0 Å². The van der Waals surface area contributed by atoms with Crippen LogP contribution in [0, 0.1) is 12.8 Å². The minimum atomic E-state index is -4.91. The van der Waals surface area contributed by atoms with E-state index in [2.05, 4.69) is 19.8 Å². The summed E-state index contributed by atoms with van der Waals surface area (Å²) >= 11 is 0. The third-order valence-corrected chi connectivity index (χ3v) is 15.4. The first-order valence-electron chi connectivity index (χ1n) is 20.0. The third-order valence-electron chi connectivity index (χ3n) is 13.2. The number of halogens is 3. The summed E-state index contributed by atoms with van der Waals surface area (Å²) in [4.78, 5) is 63.8. The summed E-state index contributed by atoms with van der Waals surface area (Å²) < 4.78 is 78.0. The Kier molecular flexibility index (Phi) is 9.51. The molecule has 3 aliphatic carbocycles. The van der Waals surface area contributed by atoms with Gasteiger partial charge in [-0.05, 0) is 103 Å². The van der Waals surface area contributed by atoms with Gasteiger partial charge in [-0.3, -0.25) is 24.0 Å². The molecule has 58 heavy (non-hydrogen) atoms. The number of hydrogen-bond donors (Lipinski definition) is 3. The Morgan fingerprint density at radius 1 is 1.09 bits per heavy atom. The topological polar surface area (TPSA) is 185 Å². The molecule has 0 bridgehead atoms. The number of aryl methyl sites for hydroxylation is 2. The van der Waals surface area contributed by atoms with Crippen molar-refractivity contribution < 1.29 is 55.3 Å². The number of amides is 4. The van der Waals surface area contributed by atoms with Crippen molar-refractivity contribution in [2.75, 3.05) is 6.54 Å². The highest BCUT2D eigenvalue weighted by atomic mass is 32.2. The molecule has 314 valence electrons. The van der Waals surface area contributed by atoms with Gasteiger partial charge < -0.3 is 24.8 Å². The Morgan fingerprint density at radius 3 is 2.50 bits per heavy atom. The van der Waals surface area contributed by atoms with E-state index in [1.165, 1.54) is 28.0 Å². The Hall–Kier alpha value is -4.61. The fourth-order valence-electron chi connectivity index (χ4n) is 9.12. The molecule has 1 aromatic heterocycles. The number of sulfonamides is 1. The highest BCUT2D eigenvalue weighted by molar-refractivity contribution is 7.91. The van der Waals surface area contributed by atoms with Crippen LogP contribution in [0.1, 0.15) is 102 Å². The SMILES string of the molecule is Cc1nc2ccc(OC(F)(F)F)cc2c2c1O[C@]1(CC2)C[C@H]2C(=O)N[C@]3(C(=O)NS(=O)(=O)C4(C)CC4)C[C@H]3/C=C\CCCCC[C@H](N(C(=O)O)C3(C)CC3)C(=O)N2C1. The van der Waals surface area contributed by atoms with Crippen molar-refractivity contribution in [3.05, 3.63) is 41.6 Å². The van der Waals surface area contributed by atoms with Gasteiger partial charge in [0.1, 0.15) is 34.7 Å². The predicted molar refractivity (Wildman–Crippen MR) is 202 cm³/mol. The van der Waals surface area contributed by atoms with Crippen LogP contribution in [-0.2, 0) is 30.8 Å². The zero-order chi connectivity index (χ0) is 41.6. The minimum Gasteiger partial charge on any atom is -0.483 e. The summed E-state index contributed by atoms with van der Waals surface area (Å²) in [5.41, 5.74) is -2.12. The van der Waals surface area contributed by atoms with Crippen LogP contribution in [0.4, 0.5) is 18.0 Å². The van der Waals surface area contributed by atoms with Crippen molar-refractivity contribution >= 4 is 44.7 Å². The van der Waals surface area contributed by atoms with Crippen molar-refractivity contribution in [2.24, 2.45) is 5.92 Å². The van der Waals surface area contributed by atoms with Crippen molar-refractivity contribution in [3.63, 3.8) is 0 Å². The molecule has 1 aromatic carbocycles. The second kappa shape index (κ2) is 13.7. The molecule has 4 fully saturated rings. The number of carbonyl (C=O) groups excluding carboxylic acids is 3. The van der Waals surface area contributed by atoms with E-state index in [9.17, 15) is 41.1 Å². The first-order chi connectivity index (χ1) is 27.2. The lowest BCUT2D eigenvalue weighted by atomic mass is 9.87. The molecular formula is C40H48F3N5O9S. The van der Waals surface area contributed by atoms with Gasteiger partial charge in [0, 0.05) is 28.8 Å². The second-order valence-corrected chi connectivity index (χ2v) is 19.8. The monoisotopic (exact) mass is 831 g/mol. The number of aromatic nitrogens is 1. The van der Waals surface area contributed by atoms with Gasteiger partial charge in [-0.25, -0.2) is 18.2 Å². The van der Waals surface area contributed by atoms with E-state index in [1.807, 2.05) is 12.2 Å². The highest BCUT2D eigenvalue weighted by Gasteiger charge is 2.64. The smallest absolute Gasteiger partial charge is 0.483 e. The summed E-state index contributed by atoms with van der Waals surface area (Å²) in [5, 5.41) is 13.8. The number of hydrogen-bond acceptors (Lipinski definition) is 9. The van der Waals surface area contributed by atoms with Crippen LogP contribution in [0.3, 0.4) is 0 Å². The zero-order valence-corrected chi connectivity index (χ0v) is 33.4. The fourth-order valence-corrected chi connectivity index (χ4v) is 10.4. The van der Waals surface area contributed by atoms with E-state index in [4.69, 9.17) is 4.74 Å².